The second kappa shape index (κ2) is 11.4. The van der Waals surface area contributed by atoms with E-state index in [4.69, 9.17) is 4.74 Å². The fourth-order valence-electron chi connectivity index (χ4n) is 12.0. The third kappa shape index (κ3) is 5.43. The topological polar surface area (TPSA) is 101 Å². The molecule has 47 heavy (non-hydrogen) atoms. The van der Waals surface area contributed by atoms with Crippen molar-refractivity contribution >= 4 is 23.6 Å². The van der Waals surface area contributed by atoms with E-state index in [1.165, 1.54) is 5.57 Å². The van der Waals surface area contributed by atoms with E-state index in [0.717, 1.165) is 56.9 Å². The first kappa shape index (κ1) is 36.1. The molecule has 0 saturated heterocycles. The summed E-state index contributed by atoms with van der Waals surface area (Å²) in [6, 6.07) is 0. The summed E-state index contributed by atoms with van der Waals surface area (Å²) in [7, 11) is 1.92. The van der Waals surface area contributed by atoms with E-state index in [2.05, 4.69) is 62.3 Å². The number of fused-ring (bicyclic) bond motifs is 7. The Morgan fingerprint density at radius 3 is 2.09 bits per heavy atom. The third-order valence-electron chi connectivity index (χ3n) is 14.7. The smallest absolute Gasteiger partial charge is 0.309 e. The minimum Gasteiger partial charge on any atom is -0.481 e. The van der Waals surface area contributed by atoms with Crippen molar-refractivity contribution in [1.82, 2.24) is 4.90 Å². The van der Waals surface area contributed by atoms with Gasteiger partial charge in [0.25, 0.3) is 0 Å². The molecular formula is C40H63NO6. The number of carboxylic acid groups (broad SMARTS) is 1. The molecule has 0 aromatic rings. The second-order valence-corrected chi connectivity index (χ2v) is 19.4. The average Bonchev–Trinajstić information content (AvgIpc) is 3.26. The maximum atomic E-state index is 14.5. The number of carboxylic acids is 1. The summed E-state index contributed by atoms with van der Waals surface area (Å²) >= 11 is 0. The number of allylic oxidation sites excluding steroid dienone is 1. The van der Waals surface area contributed by atoms with Crippen LogP contribution in [0.15, 0.2) is 11.1 Å². The Morgan fingerprint density at radius 1 is 0.894 bits per heavy atom. The molecule has 0 aromatic carbocycles. The van der Waals surface area contributed by atoms with Crippen LogP contribution in [0.4, 0.5) is 0 Å². The predicted octanol–water partition coefficient (Wildman–Crippen LogP) is 8.25. The van der Waals surface area contributed by atoms with Crippen molar-refractivity contribution in [3.8, 4) is 0 Å². The van der Waals surface area contributed by atoms with Gasteiger partial charge in [-0.15, -0.1) is 0 Å². The number of aliphatic carboxylic acids is 1. The fraction of sp³-hybridized carbons (Fsp3) is 0.850. The van der Waals surface area contributed by atoms with Crippen molar-refractivity contribution < 1.29 is 29.0 Å². The van der Waals surface area contributed by atoms with Gasteiger partial charge >= 0.3 is 11.9 Å². The van der Waals surface area contributed by atoms with E-state index in [9.17, 15) is 24.3 Å². The molecule has 5 aliphatic rings. The monoisotopic (exact) mass is 653 g/mol. The number of hydrogen-bond acceptors (Lipinski definition) is 5. The van der Waals surface area contributed by atoms with Crippen molar-refractivity contribution in [2.24, 2.45) is 56.7 Å². The zero-order chi connectivity index (χ0) is 35.3. The zero-order valence-corrected chi connectivity index (χ0v) is 31.5. The Morgan fingerprint density at radius 2 is 1.51 bits per heavy atom. The van der Waals surface area contributed by atoms with Gasteiger partial charge in [0.15, 0.2) is 5.78 Å². The van der Waals surface area contributed by atoms with Gasteiger partial charge in [-0.25, -0.2) is 0 Å². The van der Waals surface area contributed by atoms with Gasteiger partial charge in [-0.2, -0.15) is 0 Å². The molecule has 0 aromatic heterocycles. The lowest BCUT2D eigenvalue weighted by molar-refractivity contribution is -0.214. The predicted molar refractivity (Wildman–Crippen MR) is 183 cm³/mol. The Kier molecular flexibility index (Phi) is 8.79. The van der Waals surface area contributed by atoms with Gasteiger partial charge in [0.05, 0.1) is 17.3 Å². The van der Waals surface area contributed by atoms with Gasteiger partial charge in [0, 0.05) is 24.4 Å². The molecule has 0 bridgehead atoms. The highest BCUT2D eigenvalue weighted by molar-refractivity contribution is 6.07. The van der Waals surface area contributed by atoms with Gasteiger partial charge in [0.1, 0.15) is 6.10 Å². The minimum absolute atomic E-state index is 0.0856. The molecule has 0 heterocycles. The molecule has 1 N–H and O–H groups in total. The number of amides is 1. The lowest BCUT2D eigenvalue weighted by Crippen LogP contribution is -2.63. The van der Waals surface area contributed by atoms with Crippen LogP contribution in [0.25, 0.3) is 0 Å². The zero-order valence-electron chi connectivity index (χ0n) is 31.5. The molecule has 5 aliphatic carbocycles. The van der Waals surface area contributed by atoms with Gasteiger partial charge in [0.2, 0.25) is 5.91 Å². The number of Topliss-reactive ketones (excluding diaryl/α,β-unsaturated/α-hetero) is 1. The third-order valence-corrected chi connectivity index (χ3v) is 14.7. The molecule has 4 saturated carbocycles. The van der Waals surface area contributed by atoms with Crippen LogP contribution in [0.5, 0.6) is 0 Å². The number of rotatable bonds is 6. The number of ketones is 1. The summed E-state index contributed by atoms with van der Waals surface area (Å²) in [5.74, 6) is 0.603. The van der Waals surface area contributed by atoms with Crippen LogP contribution in [-0.4, -0.2) is 52.3 Å². The number of nitrogens with zero attached hydrogens (tertiary/aromatic N) is 1. The van der Waals surface area contributed by atoms with E-state index >= 15 is 0 Å². The van der Waals surface area contributed by atoms with Crippen molar-refractivity contribution in [2.45, 2.75) is 152 Å². The van der Waals surface area contributed by atoms with Gasteiger partial charge < -0.3 is 14.7 Å². The molecule has 0 radical (unpaired) electrons. The molecule has 4 fully saturated rings. The Labute approximate surface area is 284 Å². The Hall–Kier alpha value is -2.18. The molecule has 5 unspecified atom stereocenters. The maximum Gasteiger partial charge on any atom is 0.309 e. The number of carbonyl (C=O) groups is 4. The SMILES string of the molecule is CC(C)C1=C2C3CCC4[C@@](C)(CCC5C(C)(C)[C@@H](OC(=O)CC(C)(C)C(=O)O)CC[C@@]54C)C3CCC2(C(=O)N(C)C(C)(C)C)CC1=O. The Balaban J connectivity index is 1.45. The first-order valence-electron chi connectivity index (χ1n) is 18.4. The van der Waals surface area contributed by atoms with Gasteiger partial charge in [-0.05, 0) is 138 Å². The van der Waals surface area contributed by atoms with Crippen LogP contribution in [0.1, 0.15) is 140 Å². The molecule has 0 spiro atoms. The van der Waals surface area contributed by atoms with Crippen LogP contribution in [-0.2, 0) is 23.9 Å². The molecule has 7 nitrogen and oxygen atoms in total. The summed E-state index contributed by atoms with van der Waals surface area (Å²) in [6.07, 6.45) is 7.72. The Bertz CT molecular complexity index is 1370. The average molecular weight is 654 g/mol. The van der Waals surface area contributed by atoms with Crippen LogP contribution in [0.3, 0.4) is 0 Å². The fourth-order valence-corrected chi connectivity index (χ4v) is 12.0. The quantitative estimate of drug-likeness (QED) is 0.290. The number of esters is 1. The van der Waals surface area contributed by atoms with Crippen LogP contribution in [0.2, 0.25) is 0 Å². The number of hydrogen-bond donors (Lipinski definition) is 1. The highest BCUT2D eigenvalue weighted by atomic mass is 16.5. The molecular weight excluding hydrogens is 590 g/mol. The highest BCUT2D eigenvalue weighted by Gasteiger charge is 2.68. The van der Waals surface area contributed by atoms with Gasteiger partial charge in [-0.1, -0.05) is 41.5 Å². The summed E-state index contributed by atoms with van der Waals surface area (Å²) in [6.45, 7) is 23.2. The summed E-state index contributed by atoms with van der Waals surface area (Å²) in [5, 5.41) is 9.56. The van der Waals surface area contributed by atoms with E-state index in [0.29, 0.717) is 24.2 Å². The van der Waals surface area contributed by atoms with Crippen molar-refractivity contribution in [1.29, 1.82) is 0 Å². The minimum atomic E-state index is -1.16. The largest absolute Gasteiger partial charge is 0.481 e. The van der Waals surface area contributed by atoms with E-state index in [-0.39, 0.29) is 57.8 Å². The lowest BCUT2D eigenvalue weighted by atomic mass is 9.36. The molecule has 7 heteroatoms. The van der Waals surface area contributed by atoms with Crippen LogP contribution >= 0.6 is 0 Å². The van der Waals surface area contributed by atoms with Crippen molar-refractivity contribution in [3.63, 3.8) is 0 Å². The number of ether oxygens (including phenoxy) is 1. The second-order valence-electron chi connectivity index (χ2n) is 19.4. The summed E-state index contributed by atoms with van der Waals surface area (Å²) in [4.78, 5) is 54.9. The summed E-state index contributed by atoms with van der Waals surface area (Å²) < 4.78 is 6.13. The van der Waals surface area contributed by atoms with Gasteiger partial charge in [-0.3, -0.25) is 19.2 Å². The lowest BCUT2D eigenvalue weighted by Gasteiger charge is -2.68. The normalized spacial score (nSPS) is 38.2. The first-order valence-corrected chi connectivity index (χ1v) is 18.4. The van der Waals surface area contributed by atoms with Crippen LogP contribution < -0.4 is 0 Å². The molecule has 8 atom stereocenters. The maximum absolute atomic E-state index is 14.5. The summed E-state index contributed by atoms with van der Waals surface area (Å²) in [5.41, 5.74) is -0.0640. The van der Waals surface area contributed by atoms with E-state index in [1.54, 1.807) is 13.8 Å². The van der Waals surface area contributed by atoms with Crippen molar-refractivity contribution in [2.75, 3.05) is 7.05 Å². The standard InChI is InChI=1S/C40H63NO6/c1-23(2)31-26(42)21-40(33(44)41(12)35(3,4)5)20-15-25-24(32(31)40)13-14-28-38(25,10)18-16-27-37(8,9)29(17-19-39(27,28)11)47-30(43)22-36(6,7)34(45)46/h23-25,27-29H,13-22H2,1-12H3,(H,45,46)/t24?,25?,27?,28?,29-,38-,39-,40?/m0/s1. The van der Waals surface area contributed by atoms with Crippen molar-refractivity contribution in [3.05, 3.63) is 11.1 Å². The molecule has 1 amide bonds. The van der Waals surface area contributed by atoms with Crippen LogP contribution in [0, 0.1) is 56.7 Å². The first-order chi connectivity index (χ1) is 21.4. The molecule has 0 aliphatic heterocycles. The molecule has 5 rings (SSSR count). The van der Waals surface area contributed by atoms with E-state index < -0.39 is 22.8 Å². The molecule has 264 valence electrons. The number of carbonyl (C=O) groups excluding carboxylic acids is 3. The highest BCUT2D eigenvalue weighted by Crippen LogP contribution is 2.73. The van der Waals surface area contributed by atoms with E-state index in [1.807, 2.05) is 11.9 Å².